The first-order chi connectivity index (χ1) is 15.9. The van der Waals surface area contributed by atoms with E-state index in [4.69, 9.17) is 21.8 Å². The monoisotopic (exact) mass is 460 g/mol. The van der Waals surface area contributed by atoms with Gasteiger partial charge in [-0.15, -0.1) is 0 Å². The number of aromatic amines is 1. The predicted molar refractivity (Wildman–Crippen MR) is 122 cm³/mol. The molecule has 5 rings (SSSR count). The first-order valence-corrected chi connectivity index (χ1v) is 11.1. The van der Waals surface area contributed by atoms with Crippen molar-refractivity contribution in [3.63, 3.8) is 0 Å². The highest BCUT2D eigenvalue weighted by molar-refractivity contribution is 6.30. The van der Waals surface area contributed by atoms with Crippen LogP contribution in [-0.2, 0) is 23.2 Å². The highest BCUT2D eigenvalue weighted by Crippen LogP contribution is 2.52. The number of aromatic nitrogens is 2. The molecule has 7 nitrogen and oxygen atoms in total. The number of halogens is 1. The second-order valence-corrected chi connectivity index (χ2v) is 9.01. The third-order valence-corrected chi connectivity index (χ3v) is 6.78. The molecule has 1 fully saturated rings. The Labute approximate surface area is 195 Å². The lowest BCUT2D eigenvalue weighted by molar-refractivity contribution is -0.141. The second kappa shape index (κ2) is 8.14. The van der Waals surface area contributed by atoms with E-state index in [9.17, 15) is 14.7 Å². The Hall–Kier alpha value is -3.47. The molecule has 2 heterocycles. The van der Waals surface area contributed by atoms with Crippen LogP contribution >= 0.6 is 11.6 Å². The SMILES string of the molecule is N#Cc1ccc(C2(c3nc4c(c(=O)[nH]3)CN(C(=O)C(O)c3cccc(Cl)c3)CC4)CC2)cc1. The fourth-order valence-electron chi connectivity index (χ4n) is 4.48. The van der Waals surface area contributed by atoms with Gasteiger partial charge in [0.2, 0.25) is 0 Å². The maximum absolute atomic E-state index is 13.0. The Bertz CT molecular complexity index is 1340. The molecule has 1 atom stereocenters. The summed E-state index contributed by atoms with van der Waals surface area (Å²) in [5.74, 6) is 0.164. The molecule has 1 aliphatic heterocycles. The van der Waals surface area contributed by atoms with Crippen molar-refractivity contribution < 1.29 is 9.90 Å². The minimum absolute atomic E-state index is 0.0955. The molecule has 3 aromatic rings. The van der Waals surface area contributed by atoms with Gasteiger partial charge in [0.1, 0.15) is 5.82 Å². The molecule has 2 N–H and O–H groups in total. The van der Waals surface area contributed by atoms with E-state index in [1.165, 1.54) is 4.90 Å². The standard InChI is InChI=1S/C25H21ClN4O3/c26-18-3-1-2-16(12-18)21(31)23(33)30-11-8-20-19(14-30)22(32)29-24(28-20)25(9-10-25)17-6-4-15(13-27)5-7-17/h1-7,12,21,31H,8-11,14H2,(H,28,29,32). The number of nitrogens with zero attached hydrogens (tertiary/aromatic N) is 3. The van der Waals surface area contributed by atoms with Gasteiger partial charge in [-0.05, 0) is 48.2 Å². The van der Waals surface area contributed by atoms with Gasteiger partial charge in [0.25, 0.3) is 11.5 Å². The number of nitriles is 1. The molecule has 2 aliphatic rings. The average Bonchev–Trinajstić information content (AvgIpc) is 3.65. The summed E-state index contributed by atoms with van der Waals surface area (Å²) in [7, 11) is 0. The van der Waals surface area contributed by atoms with E-state index in [1.54, 1.807) is 36.4 Å². The van der Waals surface area contributed by atoms with Gasteiger partial charge in [-0.1, -0.05) is 35.9 Å². The van der Waals surface area contributed by atoms with E-state index in [0.717, 1.165) is 18.4 Å². The average molecular weight is 461 g/mol. The van der Waals surface area contributed by atoms with Gasteiger partial charge >= 0.3 is 0 Å². The maximum atomic E-state index is 13.0. The van der Waals surface area contributed by atoms with Crippen LogP contribution in [0.5, 0.6) is 0 Å². The lowest BCUT2D eigenvalue weighted by Crippen LogP contribution is -2.42. The van der Waals surface area contributed by atoms with E-state index >= 15 is 0 Å². The molecule has 2 aromatic carbocycles. The molecule has 1 aromatic heterocycles. The Balaban J connectivity index is 1.39. The number of benzene rings is 2. The molecule has 0 bridgehead atoms. The first-order valence-electron chi connectivity index (χ1n) is 10.8. The summed E-state index contributed by atoms with van der Waals surface area (Å²) in [4.78, 5) is 35.1. The molecule has 1 aliphatic carbocycles. The highest BCUT2D eigenvalue weighted by Gasteiger charge is 2.48. The van der Waals surface area contributed by atoms with Crippen molar-refractivity contribution >= 4 is 17.5 Å². The zero-order valence-corrected chi connectivity index (χ0v) is 18.5. The number of nitrogens with one attached hydrogen (secondary N) is 1. The first kappa shape index (κ1) is 21.4. The Morgan fingerprint density at radius 1 is 1.24 bits per heavy atom. The van der Waals surface area contributed by atoms with Crippen LogP contribution in [0.4, 0.5) is 0 Å². The molecule has 33 heavy (non-hydrogen) atoms. The minimum Gasteiger partial charge on any atom is -0.378 e. The van der Waals surface area contributed by atoms with Crippen LogP contribution in [0.15, 0.2) is 53.3 Å². The number of carbonyl (C=O) groups is 1. The van der Waals surface area contributed by atoms with Gasteiger partial charge in [0.15, 0.2) is 6.10 Å². The number of carbonyl (C=O) groups excluding carboxylic acids is 1. The quantitative estimate of drug-likeness (QED) is 0.622. The number of amides is 1. The summed E-state index contributed by atoms with van der Waals surface area (Å²) >= 11 is 5.98. The summed E-state index contributed by atoms with van der Waals surface area (Å²) in [5.41, 5.74) is 2.58. The van der Waals surface area contributed by atoms with Crippen LogP contribution in [0.2, 0.25) is 5.02 Å². The molecular formula is C25H21ClN4O3. The Morgan fingerprint density at radius 2 is 2.00 bits per heavy atom. The number of fused-ring (bicyclic) bond motifs is 1. The number of rotatable bonds is 4. The number of aliphatic hydroxyl groups excluding tert-OH is 1. The Kier molecular flexibility index (Phi) is 5.28. The summed E-state index contributed by atoms with van der Waals surface area (Å²) in [5, 5.41) is 20.0. The third kappa shape index (κ3) is 3.82. The lowest BCUT2D eigenvalue weighted by atomic mass is 9.93. The number of aliphatic hydroxyl groups is 1. The Morgan fingerprint density at radius 3 is 2.67 bits per heavy atom. The fourth-order valence-corrected chi connectivity index (χ4v) is 4.68. The van der Waals surface area contributed by atoms with Crippen molar-refractivity contribution in [2.75, 3.05) is 6.54 Å². The molecule has 166 valence electrons. The van der Waals surface area contributed by atoms with Crippen LogP contribution in [0.25, 0.3) is 0 Å². The van der Waals surface area contributed by atoms with Gasteiger partial charge in [-0.3, -0.25) is 9.59 Å². The molecular weight excluding hydrogens is 440 g/mol. The van der Waals surface area contributed by atoms with Crippen molar-refractivity contribution in [3.05, 3.63) is 97.7 Å². The van der Waals surface area contributed by atoms with E-state index in [1.807, 2.05) is 12.1 Å². The molecule has 1 saturated carbocycles. The van der Waals surface area contributed by atoms with E-state index < -0.39 is 12.0 Å². The van der Waals surface area contributed by atoms with Crippen molar-refractivity contribution in [1.29, 1.82) is 5.26 Å². The van der Waals surface area contributed by atoms with Crippen molar-refractivity contribution in [1.82, 2.24) is 14.9 Å². The lowest BCUT2D eigenvalue weighted by Gasteiger charge is -2.30. The summed E-state index contributed by atoms with van der Waals surface area (Å²) in [6, 6.07) is 16.1. The fraction of sp³-hybridized carbons (Fsp3) is 0.280. The third-order valence-electron chi connectivity index (χ3n) is 6.55. The summed E-state index contributed by atoms with van der Waals surface area (Å²) < 4.78 is 0. The minimum atomic E-state index is -1.34. The molecule has 8 heteroatoms. The second-order valence-electron chi connectivity index (χ2n) is 8.58. The number of H-pyrrole nitrogens is 1. The summed E-state index contributed by atoms with van der Waals surface area (Å²) in [6.07, 6.45) is 0.834. The molecule has 0 spiro atoms. The van der Waals surface area contributed by atoms with Crippen molar-refractivity contribution in [2.45, 2.75) is 37.3 Å². The smallest absolute Gasteiger partial charge is 0.256 e. The molecule has 1 amide bonds. The van der Waals surface area contributed by atoms with E-state index in [2.05, 4.69) is 11.1 Å². The molecule has 1 unspecified atom stereocenters. The maximum Gasteiger partial charge on any atom is 0.256 e. The van der Waals surface area contributed by atoms with Crippen LogP contribution in [-0.4, -0.2) is 32.4 Å². The predicted octanol–water partition coefficient (Wildman–Crippen LogP) is 2.99. The molecule has 0 saturated heterocycles. The highest BCUT2D eigenvalue weighted by atomic mass is 35.5. The van der Waals surface area contributed by atoms with E-state index in [-0.39, 0.29) is 17.5 Å². The van der Waals surface area contributed by atoms with Gasteiger partial charge < -0.3 is 15.0 Å². The zero-order valence-electron chi connectivity index (χ0n) is 17.7. The van der Waals surface area contributed by atoms with Crippen LogP contribution in [0.1, 0.15) is 52.7 Å². The van der Waals surface area contributed by atoms with Gasteiger partial charge in [-0.2, -0.15) is 5.26 Å². The van der Waals surface area contributed by atoms with Crippen LogP contribution in [0, 0.1) is 11.3 Å². The number of hydrogen-bond acceptors (Lipinski definition) is 5. The largest absolute Gasteiger partial charge is 0.378 e. The zero-order chi connectivity index (χ0) is 23.2. The number of hydrogen-bond donors (Lipinski definition) is 2. The molecule has 0 radical (unpaired) electrons. The van der Waals surface area contributed by atoms with Gasteiger partial charge in [0.05, 0.1) is 34.8 Å². The van der Waals surface area contributed by atoms with Crippen molar-refractivity contribution in [3.8, 4) is 6.07 Å². The van der Waals surface area contributed by atoms with Crippen LogP contribution in [0.3, 0.4) is 0 Å². The summed E-state index contributed by atoms with van der Waals surface area (Å²) in [6.45, 7) is 0.460. The topological polar surface area (TPSA) is 110 Å². The van der Waals surface area contributed by atoms with Gasteiger partial charge in [-0.25, -0.2) is 4.98 Å². The van der Waals surface area contributed by atoms with Gasteiger partial charge in [0, 0.05) is 18.0 Å². The van der Waals surface area contributed by atoms with Crippen molar-refractivity contribution in [2.24, 2.45) is 0 Å². The van der Waals surface area contributed by atoms with E-state index in [0.29, 0.717) is 46.2 Å². The van der Waals surface area contributed by atoms with Crippen LogP contribution < -0.4 is 5.56 Å². The normalized spacial score (nSPS) is 17.1.